The number of rotatable bonds is 6. The molecule has 1 N–H and O–H groups in total. The van der Waals surface area contributed by atoms with Crippen LogP contribution in [-0.2, 0) is 11.0 Å². The molecule has 0 saturated heterocycles. The maximum absolute atomic E-state index is 13.5. The van der Waals surface area contributed by atoms with Crippen molar-refractivity contribution < 1.29 is 22.8 Å². The van der Waals surface area contributed by atoms with Crippen LogP contribution in [0.3, 0.4) is 0 Å². The van der Waals surface area contributed by atoms with E-state index in [0.29, 0.717) is 22.2 Å². The molecule has 0 bridgehead atoms. The topological polar surface area (TPSA) is 72.0 Å². The molecule has 0 fully saturated rings. The predicted octanol–water partition coefficient (Wildman–Crippen LogP) is 6.32. The lowest BCUT2D eigenvalue weighted by molar-refractivity contribution is -0.145. The molecule has 0 aliphatic heterocycles. The van der Waals surface area contributed by atoms with Gasteiger partial charge in [-0.15, -0.1) is 0 Å². The van der Waals surface area contributed by atoms with Gasteiger partial charge in [-0.1, -0.05) is 72.4 Å². The van der Waals surface area contributed by atoms with Crippen LogP contribution in [0.4, 0.5) is 18.9 Å². The van der Waals surface area contributed by atoms with Crippen molar-refractivity contribution in [1.29, 1.82) is 0 Å². The van der Waals surface area contributed by atoms with Gasteiger partial charge in [-0.05, 0) is 30.7 Å². The molecule has 5 nitrogen and oxygen atoms in total. The quantitative estimate of drug-likeness (QED) is 0.198. The molecule has 4 rings (SSSR count). The maximum Gasteiger partial charge on any atom is 0.451 e. The number of carbonyl (C=O) groups excluding carboxylic acids is 2. The number of ketones is 1. The Morgan fingerprint density at radius 3 is 2.32 bits per heavy atom. The Kier molecular flexibility index (Phi) is 6.65. The Hall–Kier alpha value is -3.72. The zero-order valence-electron chi connectivity index (χ0n) is 17.8. The predicted molar refractivity (Wildman–Crippen MR) is 125 cm³/mol. The number of fused-ring (bicyclic) bond motifs is 1. The molecule has 1 aromatic heterocycles. The SMILES string of the molecule is CC(=O)c1cccc(NC(=O)C(Sc2nc(C(F)(F)F)nc3ccccc23)c2ccccc2)c1. The molecular formula is C25H18F3N3O2S. The first-order chi connectivity index (χ1) is 16.2. The second-order valence-electron chi connectivity index (χ2n) is 7.40. The molecule has 0 saturated carbocycles. The molecule has 34 heavy (non-hydrogen) atoms. The standard InChI is InChI=1S/C25H18F3N3O2S/c1-15(32)17-10-7-11-18(14-17)29-22(33)21(16-8-3-2-4-9-16)34-23-19-12-5-6-13-20(19)30-24(31-23)25(26,27)28/h2-14,21H,1H3,(H,29,33). The van der Waals surface area contributed by atoms with Gasteiger partial charge < -0.3 is 5.32 Å². The number of thioether (sulfide) groups is 1. The van der Waals surface area contributed by atoms with Gasteiger partial charge in [0.15, 0.2) is 5.78 Å². The van der Waals surface area contributed by atoms with E-state index in [1.54, 1.807) is 72.8 Å². The van der Waals surface area contributed by atoms with Crippen LogP contribution in [0.15, 0.2) is 83.9 Å². The summed E-state index contributed by atoms with van der Waals surface area (Å²) in [5.41, 5.74) is 1.55. The van der Waals surface area contributed by atoms with Gasteiger partial charge in [-0.2, -0.15) is 13.2 Å². The lowest BCUT2D eigenvalue weighted by Crippen LogP contribution is -2.20. The van der Waals surface area contributed by atoms with Gasteiger partial charge in [0, 0.05) is 16.6 Å². The van der Waals surface area contributed by atoms with E-state index in [-0.39, 0.29) is 16.3 Å². The summed E-state index contributed by atoms with van der Waals surface area (Å²) in [6, 6.07) is 21.5. The van der Waals surface area contributed by atoms with Gasteiger partial charge in [0.2, 0.25) is 11.7 Å². The Balaban J connectivity index is 1.75. The number of carbonyl (C=O) groups is 2. The first kappa shape index (κ1) is 23.4. The van der Waals surface area contributed by atoms with Crippen molar-refractivity contribution in [3.8, 4) is 0 Å². The van der Waals surface area contributed by atoms with Gasteiger partial charge in [-0.25, -0.2) is 9.97 Å². The van der Waals surface area contributed by atoms with E-state index < -0.39 is 23.2 Å². The summed E-state index contributed by atoms with van der Waals surface area (Å²) in [6.07, 6.45) is -4.74. The fourth-order valence-corrected chi connectivity index (χ4v) is 4.42. The van der Waals surface area contributed by atoms with Crippen LogP contribution in [0.5, 0.6) is 0 Å². The van der Waals surface area contributed by atoms with Crippen LogP contribution in [0.2, 0.25) is 0 Å². The minimum atomic E-state index is -4.74. The number of benzene rings is 3. The van der Waals surface area contributed by atoms with Crippen molar-refractivity contribution in [1.82, 2.24) is 9.97 Å². The Labute approximate surface area is 197 Å². The van der Waals surface area contributed by atoms with Crippen molar-refractivity contribution in [2.75, 3.05) is 5.32 Å². The molecule has 1 unspecified atom stereocenters. The highest BCUT2D eigenvalue weighted by atomic mass is 32.2. The van der Waals surface area contributed by atoms with E-state index in [4.69, 9.17) is 0 Å². The largest absolute Gasteiger partial charge is 0.451 e. The fourth-order valence-electron chi connectivity index (χ4n) is 3.30. The number of para-hydroxylation sites is 1. The monoisotopic (exact) mass is 481 g/mol. The number of aromatic nitrogens is 2. The minimum absolute atomic E-state index is 0.0411. The fraction of sp³-hybridized carbons (Fsp3) is 0.120. The summed E-state index contributed by atoms with van der Waals surface area (Å²) in [5, 5.41) is 2.31. The van der Waals surface area contributed by atoms with Gasteiger partial charge in [0.1, 0.15) is 10.3 Å². The van der Waals surface area contributed by atoms with E-state index in [1.165, 1.54) is 13.0 Å². The molecule has 0 spiro atoms. The number of halogens is 3. The van der Waals surface area contributed by atoms with Crippen LogP contribution in [0, 0.1) is 0 Å². The second-order valence-corrected chi connectivity index (χ2v) is 8.50. The normalized spacial score (nSPS) is 12.4. The molecule has 4 aromatic rings. The molecule has 0 aliphatic carbocycles. The highest BCUT2D eigenvalue weighted by Gasteiger charge is 2.36. The summed E-state index contributed by atoms with van der Waals surface area (Å²) in [5.74, 6) is -1.89. The zero-order chi connectivity index (χ0) is 24.3. The highest BCUT2D eigenvalue weighted by molar-refractivity contribution is 8.00. The van der Waals surface area contributed by atoms with Crippen LogP contribution in [-0.4, -0.2) is 21.7 Å². The molecule has 172 valence electrons. The smallest absolute Gasteiger partial charge is 0.325 e. The molecular weight excluding hydrogens is 463 g/mol. The third kappa shape index (κ3) is 5.26. The first-order valence-electron chi connectivity index (χ1n) is 10.2. The number of anilines is 1. The third-order valence-electron chi connectivity index (χ3n) is 4.93. The molecule has 9 heteroatoms. The van der Waals surface area contributed by atoms with Crippen molar-refractivity contribution in [2.45, 2.75) is 23.4 Å². The van der Waals surface area contributed by atoms with Gasteiger partial charge in [0.05, 0.1) is 5.52 Å². The number of amides is 1. The summed E-state index contributed by atoms with van der Waals surface area (Å²) in [7, 11) is 0. The number of Topliss-reactive ketones (excluding diaryl/α,β-unsaturated/α-hetero) is 1. The second kappa shape index (κ2) is 9.64. The summed E-state index contributed by atoms with van der Waals surface area (Å²) in [6.45, 7) is 1.42. The van der Waals surface area contributed by atoms with Crippen molar-refractivity contribution in [3.05, 3.63) is 95.8 Å². The number of nitrogens with one attached hydrogen (secondary N) is 1. The molecule has 1 heterocycles. The minimum Gasteiger partial charge on any atom is -0.325 e. The number of nitrogens with zero attached hydrogens (tertiary/aromatic N) is 2. The first-order valence-corrected chi connectivity index (χ1v) is 11.1. The molecule has 0 radical (unpaired) electrons. The van der Waals surface area contributed by atoms with Crippen molar-refractivity contribution >= 4 is 40.0 Å². The van der Waals surface area contributed by atoms with Gasteiger partial charge >= 0.3 is 6.18 Å². The van der Waals surface area contributed by atoms with Gasteiger partial charge in [0.25, 0.3) is 0 Å². The van der Waals surface area contributed by atoms with Crippen molar-refractivity contribution in [2.24, 2.45) is 0 Å². The Morgan fingerprint density at radius 2 is 1.62 bits per heavy atom. The zero-order valence-corrected chi connectivity index (χ0v) is 18.7. The number of hydrogen-bond acceptors (Lipinski definition) is 5. The third-order valence-corrected chi connectivity index (χ3v) is 6.18. The Bertz CT molecular complexity index is 1360. The van der Waals surface area contributed by atoms with Crippen LogP contribution in [0.1, 0.15) is 33.9 Å². The van der Waals surface area contributed by atoms with Crippen LogP contribution < -0.4 is 5.32 Å². The van der Waals surface area contributed by atoms with Gasteiger partial charge in [-0.3, -0.25) is 9.59 Å². The van der Waals surface area contributed by atoms with Crippen LogP contribution >= 0.6 is 11.8 Å². The average molecular weight is 481 g/mol. The molecule has 1 atom stereocenters. The molecule has 1 amide bonds. The van der Waals surface area contributed by atoms with E-state index >= 15 is 0 Å². The lowest BCUT2D eigenvalue weighted by Gasteiger charge is -2.18. The average Bonchev–Trinajstić information content (AvgIpc) is 2.82. The maximum atomic E-state index is 13.5. The van der Waals surface area contributed by atoms with E-state index in [9.17, 15) is 22.8 Å². The summed E-state index contributed by atoms with van der Waals surface area (Å²) < 4.78 is 40.4. The lowest BCUT2D eigenvalue weighted by atomic mass is 10.1. The van der Waals surface area contributed by atoms with E-state index in [1.807, 2.05) is 0 Å². The van der Waals surface area contributed by atoms with E-state index in [0.717, 1.165) is 11.8 Å². The van der Waals surface area contributed by atoms with Crippen molar-refractivity contribution in [3.63, 3.8) is 0 Å². The van der Waals surface area contributed by atoms with Crippen LogP contribution in [0.25, 0.3) is 10.9 Å². The molecule has 0 aliphatic rings. The summed E-state index contributed by atoms with van der Waals surface area (Å²) >= 11 is 0.909. The van der Waals surface area contributed by atoms with E-state index in [2.05, 4.69) is 15.3 Å². The number of hydrogen-bond donors (Lipinski definition) is 1. The molecule has 3 aromatic carbocycles. The summed E-state index contributed by atoms with van der Waals surface area (Å²) in [4.78, 5) is 32.4. The Morgan fingerprint density at radius 1 is 0.912 bits per heavy atom. The number of alkyl halides is 3. The highest BCUT2D eigenvalue weighted by Crippen LogP contribution is 2.40.